The van der Waals surface area contributed by atoms with E-state index in [1.54, 1.807) is 6.20 Å². The number of amides is 1. The smallest absolute Gasteiger partial charge is 0.220 e. The maximum absolute atomic E-state index is 12.5. The van der Waals surface area contributed by atoms with Gasteiger partial charge in [-0.1, -0.05) is 54.1 Å². The van der Waals surface area contributed by atoms with Gasteiger partial charge < -0.3 is 9.73 Å². The van der Waals surface area contributed by atoms with Gasteiger partial charge in [0.2, 0.25) is 5.91 Å². The van der Waals surface area contributed by atoms with Gasteiger partial charge in [-0.3, -0.25) is 9.69 Å². The van der Waals surface area contributed by atoms with Crippen molar-refractivity contribution in [2.75, 3.05) is 19.6 Å². The zero-order valence-electron chi connectivity index (χ0n) is 16.9. The molecule has 6 heteroatoms. The van der Waals surface area contributed by atoms with Gasteiger partial charge in [-0.25, -0.2) is 4.98 Å². The summed E-state index contributed by atoms with van der Waals surface area (Å²) in [5.41, 5.74) is 2.13. The first-order valence-corrected chi connectivity index (χ1v) is 10.8. The maximum Gasteiger partial charge on any atom is 0.220 e. The van der Waals surface area contributed by atoms with Crippen LogP contribution in [0.25, 0.3) is 11.3 Å². The fourth-order valence-corrected chi connectivity index (χ4v) is 4.10. The molecule has 30 heavy (non-hydrogen) atoms. The molecule has 1 atom stereocenters. The van der Waals surface area contributed by atoms with Crippen LogP contribution in [0.2, 0.25) is 5.02 Å². The number of aromatic nitrogens is 1. The van der Waals surface area contributed by atoms with Crippen molar-refractivity contribution in [2.24, 2.45) is 0 Å². The predicted octanol–water partition coefficient (Wildman–Crippen LogP) is 4.88. The number of carbonyl (C=O) groups is 1. The van der Waals surface area contributed by atoms with Crippen LogP contribution in [-0.2, 0) is 11.2 Å². The molecule has 0 radical (unpaired) electrons. The number of halogens is 1. The van der Waals surface area contributed by atoms with Gasteiger partial charge in [0.15, 0.2) is 11.7 Å². The van der Waals surface area contributed by atoms with Crippen LogP contribution < -0.4 is 5.32 Å². The second-order valence-electron chi connectivity index (χ2n) is 7.60. The zero-order chi connectivity index (χ0) is 20.8. The highest BCUT2D eigenvalue weighted by Crippen LogP contribution is 2.26. The predicted molar refractivity (Wildman–Crippen MR) is 118 cm³/mol. The van der Waals surface area contributed by atoms with E-state index in [1.807, 2.05) is 48.5 Å². The normalized spacial score (nSPS) is 15.2. The van der Waals surface area contributed by atoms with Gasteiger partial charge in [0, 0.05) is 30.0 Å². The summed E-state index contributed by atoms with van der Waals surface area (Å²) < 4.78 is 5.80. The summed E-state index contributed by atoms with van der Waals surface area (Å²) in [6.07, 6.45) is 4.92. The van der Waals surface area contributed by atoms with Gasteiger partial charge in [0.25, 0.3) is 0 Å². The topological polar surface area (TPSA) is 58.4 Å². The average Bonchev–Trinajstić information content (AvgIpc) is 3.46. The molecule has 1 fully saturated rings. The maximum atomic E-state index is 12.5. The van der Waals surface area contributed by atoms with Crippen molar-refractivity contribution in [2.45, 2.75) is 31.7 Å². The Kier molecular flexibility index (Phi) is 6.82. The van der Waals surface area contributed by atoms with Crippen LogP contribution in [-0.4, -0.2) is 35.4 Å². The molecule has 2 heterocycles. The molecule has 1 aliphatic rings. The Morgan fingerprint density at radius 1 is 1.13 bits per heavy atom. The minimum absolute atomic E-state index is 0.000635. The van der Waals surface area contributed by atoms with Crippen LogP contribution in [0.15, 0.2) is 65.2 Å². The van der Waals surface area contributed by atoms with Gasteiger partial charge in [-0.15, -0.1) is 0 Å². The first kappa shape index (κ1) is 20.6. The summed E-state index contributed by atoms with van der Waals surface area (Å²) in [6.45, 7) is 2.66. The Balaban J connectivity index is 1.32. The Morgan fingerprint density at radius 2 is 1.93 bits per heavy atom. The summed E-state index contributed by atoms with van der Waals surface area (Å²) in [5, 5.41) is 3.82. The second kappa shape index (κ2) is 9.92. The Labute approximate surface area is 182 Å². The van der Waals surface area contributed by atoms with Gasteiger partial charge >= 0.3 is 0 Å². The molecular weight excluding hydrogens is 398 g/mol. The van der Waals surface area contributed by atoms with Crippen molar-refractivity contribution in [3.05, 3.63) is 77.3 Å². The summed E-state index contributed by atoms with van der Waals surface area (Å²) in [7, 11) is 0. The molecule has 1 aliphatic heterocycles. The standard InChI is InChI=1S/C24H26ClN3O2/c25-20-10-6-9-19(15-20)21(28-13-4-5-14-28)16-26-23(29)11-12-24-27-17-22(30-24)18-7-2-1-3-8-18/h1-3,6-10,15,17,21H,4-5,11-14,16H2,(H,26,29). The molecule has 3 aromatic rings. The van der Waals surface area contributed by atoms with Crippen molar-refractivity contribution in [3.8, 4) is 11.3 Å². The van der Waals surface area contributed by atoms with Crippen molar-refractivity contribution in [1.29, 1.82) is 0 Å². The lowest BCUT2D eigenvalue weighted by atomic mass is 10.1. The summed E-state index contributed by atoms with van der Waals surface area (Å²) in [6, 6.07) is 17.9. The van der Waals surface area contributed by atoms with E-state index in [0.29, 0.717) is 25.3 Å². The lowest BCUT2D eigenvalue weighted by Gasteiger charge is -2.28. The minimum atomic E-state index is 0.000635. The van der Waals surface area contributed by atoms with Crippen LogP contribution in [0.1, 0.15) is 36.8 Å². The minimum Gasteiger partial charge on any atom is -0.441 e. The Hall–Kier alpha value is -2.63. The Bertz CT molecular complexity index is 967. The van der Waals surface area contributed by atoms with E-state index in [1.165, 1.54) is 12.8 Å². The number of nitrogens with zero attached hydrogens (tertiary/aromatic N) is 2. The molecule has 1 saturated heterocycles. The number of benzene rings is 2. The van der Waals surface area contributed by atoms with Gasteiger partial charge in [-0.2, -0.15) is 0 Å². The fraction of sp³-hybridized carbons (Fsp3) is 0.333. The number of likely N-dealkylation sites (tertiary alicyclic amines) is 1. The number of hydrogen-bond donors (Lipinski definition) is 1. The Morgan fingerprint density at radius 3 is 2.70 bits per heavy atom. The monoisotopic (exact) mass is 423 g/mol. The lowest BCUT2D eigenvalue weighted by molar-refractivity contribution is -0.121. The molecule has 1 unspecified atom stereocenters. The number of rotatable bonds is 8. The average molecular weight is 424 g/mol. The van der Waals surface area contributed by atoms with Crippen LogP contribution >= 0.6 is 11.6 Å². The van der Waals surface area contributed by atoms with Gasteiger partial charge in [-0.05, 0) is 43.6 Å². The number of aryl methyl sites for hydroxylation is 1. The third-order valence-electron chi connectivity index (χ3n) is 5.49. The molecule has 0 spiro atoms. The van der Waals surface area contributed by atoms with E-state index in [4.69, 9.17) is 16.0 Å². The highest BCUT2D eigenvalue weighted by molar-refractivity contribution is 6.30. The molecule has 1 N–H and O–H groups in total. The first-order valence-electron chi connectivity index (χ1n) is 10.5. The zero-order valence-corrected chi connectivity index (χ0v) is 17.6. The highest BCUT2D eigenvalue weighted by Gasteiger charge is 2.24. The molecule has 0 saturated carbocycles. The van der Waals surface area contributed by atoms with E-state index >= 15 is 0 Å². The third kappa shape index (κ3) is 5.29. The van der Waals surface area contributed by atoms with Crippen LogP contribution in [0.4, 0.5) is 0 Å². The molecule has 1 amide bonds. The molecule has 156 valence electrons. The lowest BCUT2D eigenvalue weighted by Crippen LogP contribution is -2.36. The molecule has 1 aromatic heterocycles. The van der Waals surface area contributed by atoms with E-state index in [2.05, 4.69) is 21.3 Å². The van der Waals surface area contributed by atoms with E-state index in [0.717, 1.165) is 35.0 Å². The number of carbonyl (C=O) groups excluding carboxylic acids is 1. The number of hydrogen-bond acceptors (Lipinski definition) is 4. The summed E-state index contributed by atoms with van der Waals surface area (Å²) >= 11 is 6.20. The van der Waals surface area contributed by atoms with E-state index in [9.17, 15) is 4.79 Å². The van der Waals surface area contributed by atoms with Crippen molar-refractivity contribution < 1.29 is 9.21 Å². The summed E-state index contributed by atoms with van der Waals surface area (Å²) in [5.74, 6) is 1.30. The van der Waals surface area contributed by atoms with E-state index < -0.39 is 0 Å². The molecular formula is C24H26ClN3O2. The largest absolute Gasteiger partial charge is 0.441 e. The van der Waals surface area contributed by atoms with Crippen LogP contribution in [0.3, 0.4) is 0 Å². The molecule has 5 nitrogen and oxygen atoms in total. The molecule has 0 aliphatic carbocycles. The third-order valence-corrected chi connectivity index (χ3v) is 5.72. The van der Waals surface area contributed by atoms with Gasteiger partial charge in [0.05, 0.1) is 12.2 Å². The molecule has 4 rings (SSSR count). The highest BCUT2D eigenvalue weighted by atomic mass is 35.5. The summed E-state index contributed by atoms with van der Waals surface area (Å²) in [4.78, 5) is 19.2. The van der Waals surface area contributed by atoms with Crippen molar-refractivity contribution in [3.63, 3.8) is 0 Å². The second-order valence-corrected chi connectivity index (χ2v) is 8.04. The van der Waals surface area contributed by atoms with Gasteiger partial charge in [0.1, 0.15) is 0 Å². The fourth-order valence-electron chi connectivity index (χ4n) is 3.91. The first-order chi connectivity index (χ1) is 14.7. The SMILES string of the molecule is O=C(CCc1ncc(-c2ccccc2)o1)NCC(c1cccc(Cl)c1)N1CCCC1. The molecule has 2 aromatic carbocycles. The van der Waals surface area contributed by atoms with Crippen molar-refractivity contribution >= 4 is 17.5 Å². The van der Waals surface area contributed by atoms with Crippen LogP contribution in [0.5, 0.6) is 0 Å². The van der Waals surface area contributed by atoms with Crippen molar-refractivity contribution in [1.82, 2.24) is 15.2 Å². The number of nitrogens with one attached hydrogen (secondary N) is 1. The quantitative estimate of drug-likeness (QED) is 0.561. The van der Waals surface area contributed by atoms with E-state index in [-0.39, 0.29) is 11.9 Å². The van der Waals surface area contributed by atoms with Crippen LogP contribution in [0, 0.1) is 0 Å². The molecule has 0 bridgehead atoms. The number of oxazole rings is 1.